The monoisotopic (exact) mass is 446 g/mol. The van der Waals surface area contributed by atoms with Crippen LogP contribution >= 0.6 is 0 Å². The zero-order chi connectivity index (χ0) is 23.3. The minimum absolute atomic E-state index is 0.0317. The Labute approximate surface area is 182 Å². The number of aromatic nitrogens is 4. The molecule has 168 valence electrons. The van der Waals surface area contributed by atoms with Crippen LogP contribution < -0.4 is 5.32 Å². The lowest BCUT2D eigenvalue weighted by molar-refractivity contribution is -0.137. The average molecular weight is 446 g/mol. The van der Waals surface area contributed by atoms with Gasteiger partial charge in [0.15, 0.2) is 0 Å². The largest absolute Gasteiger partial charge is 0.416 e. The molecule has 0 aliphatic rings. The summed E-state index contributed by atoms with van der Waals surface area (Å²) >= 11 is 0. The van der Waals surface area contributed by atoms with E-state index in [1.165, 1.54) is 12.1 Å². The minimum atomic E-state index is -4.49. The number of benzene rings is 2. The van der Waals surface area contributed by atoms with Crippen LogP contribution in [0.4, 0.5) is 18.9 Å². The molecule has 0 aliphatic carbocycles. The smallest absolute Gasteiger partial charge is 0.339 e. The van der Waals surface area contributed by atoms with E-state index in [2.05, 4.69) is 20.7 Å². The summed E-state index contributed by atoms with van der Waals surface area (Å²) < 4.78 is 38.7. The van der Waals surface area contributed by atoms with Crippen molar-refractivity contribution >= 4 is 17.5 Å². The molecule has 0 spiro atoms. The minimum Gasteiger partial charge on any atom is -0.339 e. The molecule has 2 amide bonds. The van der Waals surface area contributed by atoms with E-state index in [0.717, 1.165) is 16.9 Å². The number of alkyl halides is 3. The van der Waals surface area contributed by atoms with Gasteiger partial charge in [-0.25, -0.2) is 0 Å². The van der Waals surface area contributed by atoms with E-state index < -0.39 is 17.6 Å². The third kappa shape index (κ3) is 5.48. The van der Waals surface area contributed by atoms with Gasteiger partial charge in [-0.05, 0) is 49.4 Å². The predicted molar refractivity (Wildman–Crippen MR) is 111 cm³/mol. The molecule has 11 heteroatoms. The molecule has 1 heterocycles. The Morgan fingerprint density at radius 1 is 1.06 bits per heavy atom. The first-order valence-electron chi connectivity index (χ1n) is 9.86. The summed E-state index contributed by atoms with van der Waals surface area (Å²) in [5.41, 5.74) is 0.167. The van der Waals surface area contributed by atoms with E-state index in [1.807, 2.05) is 13.8 Å². The maximum atomic E-state index is 12.9. The van der Waals surface area contributed by atoms with Gasteiger partial charge in [-0.2, -0.15) is 18.0 Å². The lowest BCUT2D eigenvalue weighted by Crippen LogP contribution is -2.30. The van der Waals surface area contributed by atoms with Crippen molar-refractivity contribution in [2.75, 3.05) is 18.4 Å². The number of halogens is 3. The zero-order valence-electron chi connectivity index (χ0n) is 17.4. The summed E-state index contributed by atoms with van der Waals surface area (Å²) in [5, 5.41) is 14.1. The van der Waals surface area contributed by atoms with E-state index >= 15 is 0 Å². The number of hydrogen-bond acceptors (Lipinski definition) is 5. The number of nitrogens with one attached hydrogen (secondary N) is 1. The summed E-state index contributed by atoms with van der Waals surface area (Å²) in [6.45, 7) is 4.59. The molecule has 0 fully saturated rings. The molecule has 3 rings (SSSR count). The number of carbonyl (C=O) groups is 2. The molecule has 0 saturated heterocycles. The van der Waals surface area contributed by atoms with Gasteiger partial charge < -0.3 is 10.2 Å². The molecule has 8 nitrogen and oxygen atoms in total. The van der Waals surface area contributed by atoms with E-state index in [1.54, 1.807) is 29.2 Å². The van der Waals surface area contributed by atoms with E-state index in [-0.39, 0.29) is 23.8 Å². The van der Waals surface area contributed by atoms with Gasteiger partial charge in [0.25, 0.3) is 5.91 Å². The Hall–Kier alpha value is -3.76. The van der Waals surface area contributed by atoms with Crippen molar-refractivity contribution in [2.24, 2.45) is 0 Å². The van der Waals surface area contributed by atoms with Gasteiger partial charge in [-0.15, -0.1) is 10.2 Å². The third-order valence-corrected chi connectivity index (χ3v) is 4.63. The van der Waals surface area contributed by atoms with Crippen molar-refractivity contribution in [2.45, 2.75) is 26.6 Å². The second-order valence-electron chi connectivity index (χ2n) is 6.83. The highest BCUT2D eigenvalue weighted by Gasteiger charge is 2.30. The van der Waals surface area contributed by atoms with Gasteiger partial charge in [0, 0.05) is 29.9 Å². The van der Waals surface area contributed by atoms with Gasteiger partial charge in [0.2, 0.25) is 11.7 Å². The first-order chi connectivity index (χ1) is 15.2. The number of amides is 2. The maximum absolute atomic E-state index is 12.9. The lowest BCUT2D eigenvalue weighted by atomic mass is 10.1. The van der Waals surface area contributed by atoms with Gasteiger partial charge in [-0.1, -0.05) is 18.2 Å². The molecule has 3 aromatic rings. The Kier molecular flexibility index (Phi) is 6.86. The summed E-state index contributed by atoms with van der Waals surface area (Å²) in [7, 11) is 0. The summed E-state index contributed by atoms with van der Waals surface area (Å²) in [6, 6.07) is 11.1. The highest BCUT2D eigenvalue weighted by atomic mass is 19.4. The highest BCUT2D eigenvalue weighted by molar-refractivity contribution is 5.97. The van der Waals surface area contributed by atoms with Crippen LogP contribution in [0.3, 0.4) is 0 Å². The standard InChI is InChI=1S/C21H21F3N6O2/c1-3-29(4-2)20(32)15-8-6-10-17(12-15)25-18(31)13-30-27-19(26-28-30)14-7-5-9-16(11-14)21(22,23)24/h5-12H,3-4,13H2,1-2H3,(H,25,31). The van der Waals surface area contributed by atoms with Crippen LogP contribution in [-0.2, 0) is 17.5 Å². The van der Waals surface area contributed by atoms with Gasteiger partial charge >= 0.3 is 6.18 Å². The molecule has 1 aromatic heterocycles. The normalized spacial score (nSPS) is 11.3. The van der Waals surface area contributed by atoms with Crippen LogP contribution in [0.25, 0.3) is 11.4 Å². The fourth-order valence-electron chi connectivity index (χ4n) is 3.01. The number of nitrogens with zero attached hydrogens (tertiary/aromatic N) is 5. The quantitative estimate of drug-likeness (QED) is 0.600. The van der Waals surface area contributed by atoms with E-state index in [4.69, 9.17) is 0 Å². The number of anilines is 1. The second kappa shape index (κ2) is 9.58. The Balaban J connectivity index is 1.68. The van der Waals surface area contributed by atoms with Crippen molar-refractivity contribution in [3.63, 3.8) is 0 Å². The van der Waals surface area contributed by atoms with Crippen LogP contribution in [0.2, 0.25) is 0 Å². The summed E-state index contributed by atoms with van der Waals surface area (Å²) in [4.78, 5) is 27.5. The molecule has 0 radical (unpaired) electrons. The predicted octanol–water partition coefficient (Wildman–Crippen LogP) is 3.48. The lowest BCUT2D eigenvalue weighted by Gasteiger charge is -2.19. The molecule has 0 aliphatic heterocycles. The zero-order valence-corrected chi connectivity index (χ0v) is 17.4. The van der Waals surface area contributed by atoms with Crippen LogP contribution in [-0.4, -0.2) is 50.0 Å². The van der Waals surface area contributed by atoms with Crippen molar-refractivity contribution in [3.05, 3.63) is 59.7 Å². The molecule has 0 bridgehead atoms. The van der Waals surface area contributed by atoms with Gasteiger partial charge in [0.05, 0.1) is 5.56 Å². The van der Waals surface area contributed by atoms with Gasteiger partial charge in [0.1, 0.15) is 6.54 Å². The molecule has 32 heavy (non-hydrogen) atoms. The van der Waals surface area contributed by atoms with Crippen molar-refractivity contribution in [1.82, 2.24) is 25.1 Å². The SMILES string of the molecule is CCN(CC)C(=O)c1cccc(NC(=O)Cn2nnc(-c3cccc(C(F)(F)F)c3)n2)c1. The van der Waals surface area contributed by atoms with Gasteiger partial charge in [-0.3, -0.25) is 9.59 Å². The first kappa shape index (κ1) is 22.9. The third-order valence-electron chi connectivity index (χ3n) is 4.63. The Morgan fingerprint density at radius 2 is 1.78 bits per heavy atom. The summed E-state index contributed by atoms with van der Waals surface area (Å²) in [5.74, 6) is -0.657. The van der Waals surface area contributed by atoms with Crippen LogP contribution in [0, 0.1) is 0 Å². The molecular formula is C21H21F3N6O2. The first-order valence-corrected chi connectivity index (χ1v) is 9.86. The van der Waals surface area contributed by atoms with Crippen LogP contribution in [0.5, 0.6) is 0 Å². The van der Waals surface area contributed by atoms with Crippen molar-refractivity contribution < 1.29 is 22.8 Å². The van der Waals surface area contributed by atoms with Crippen LogP contribution in [0.1, 0.15) is 29.8 Å². The van der Waals surface area contributed by atoms with E-state index in [9.17, 15) is 22.8 Å². The molecule has 0 unspecified atom stereocenters. The van der Waals surface area contributed by atoms with Crippen molar-refractivity contribution in [3.8, 4) is 11.4 Å². The second-order valence-corrected chi connectivity index (χ2v) is 6.83. The number of rotatable bonds is 7. The molecule has 2 aromatic carbocycles. The molecule has 0 saturated carbocycles. The average Bonchev–Trinajstić information content (AvgIpc) is 3.22. The molecule has 1 N–H and O–H groups in total. The number of carbonyl (C=O) groups excluding carboxylic acids is 2. The fraction of sp³-hybridized carbons (Fsp3) is 0.286. The summed E-state index contributed by atoms with van der Waals surface area (Å²) in [6.07, 6.45) is -4.49. The molecule has 0 atom stereocenters. The van der Waals surface area contributed by atoms with Crippen molar-refractivity contribution in [1.29, 1.82) is 0 Å². The van der Waals surface area contributed by atoms with E-state index in [0.29, 0.717) is 24.3 Å². The van der Waals surface area contributed by atoms with Crippen LogP contribution in [0.15, 0.2) is 48.5 Å². The number of tetrazole rings is 1. The maximum Gasteiger partial charge on any atom is 0.416 e. The Morgan fingerprint density at radius 3 is 2.47 bits per heavy atom. The number of hydrogen-bond donors (Lipinski definition) is 1. The Bertz CT molecular complexity index is 1110. The highest BCUT2D eigenvalue weighted by Crippen LogP contribution is 2.31. The molecular weight excluding hydrogens is 425 g/mol. The topological polar surface area (TPSA) is 93.0 Å². The fourth-order valence-corrected chi connectivity index (χ4v) is 3.01.